The molecule has 3 heterocycles. The molecule has 32 heavy (non-hydrogen) atoms. The number of rotatable bonds is 4. The zero-order chi connectivity index (χ0) is 22.4. The Morgan fingerprint density at radius 1 is 1.06 bits per heavy atom. The van der Waals surface area contributed by atoms with Gasteiger partial charge in [-0.3, -0.25) is 4.68 Å². The van der Waals surface area contributed by atoms with Crippen LogP contribution in [0.15, 0.2) is 36.7 Å². The molecule has 2 N–H and O–H groups in total. The van der Waals surface area contributed by atoms with Crippen LogP contribution >= 0.6 is 12.4 Å². The van der Waals surface area contributed by atoms with E-state index in [1.54, 1.807) is 16.9 Å². The number of benzene rings is 1. The molecule has 0 saturated carbocycles. The van der Waals surface area contributed by atoms with Gasteiger partial charge in [0.25, 0.3) is 0 Å². The number of phenolic OH excluding ortho intramolecular Hbond substituents is 1. The highest BCUT2D eigenvalue weighted by molar-refractivity contribution is 5.85. The van der Waals surface area contributed by atoms with Crippen LogP contribution in [0.2, 0.25) is 0 Å². The molecular weight excluding hydrogens is 426 g/mol. The number of piperidine rings is 1. The molecule has 172 valence electrons. The third kappa shape index (κ3) is 5.02. The normalized spacial score (nSPS) is 17.6. The van der Waals surface area contributed by atoms with Crippen molar-refractivity contribution in [1.29, 1.82) is 0 Å². The molecule has 1 aliphatic rings. The Morgan fingerprint density at radius 3 is 2.28 bits per heavy atom. The number of phenols is 1. The molecule has 0 spiro atoms. The molecule has 0 unspecified atom stereocenters. The van der Waals surface area contributed by atoms with Crippen molar-refractivity contribution < 1.29 is 5.11 Å². The van der Waals surface area contributed by atoms with Crippen LogP contribution in [0.25, 0.3) is 22.5 Å². The van der Waals surface area contributed by atoms with Gasteiger partial charge in [0.05, 0.1) is 11.9 Å². The largest absolute Gasteiger partial charge is 0.507 e. The minimum atomic E-state index is 0. The SMILES string of the molecule is CN(c1ncc(-c2ccc(-c3ccn(C)n3)cc2O)nn1)C1CC(C)(C)NC(C)(C)C1.Cl. The van der Waals surface area contributed by atoms with Crippen LogP contribution in [0.4, 0.5) is 5.95 Å². The van der Waals surface area contributed by atoms with E-state index in [4.69, 9.17) is 0 Å². The molecule has 0 radical (unpaired) electrons. The van der Waals surface area contributed by atoms with Crippen LogP contribution in [0.5, 0.6) is 5.75 Å². The molecule has 8 nitrogen and oxygen atoms in total. The van der Waals surface area contributed by atoms with E-state index in [0.29, 0.717) is 23.2 Å². The standard InChI is InChI=1S/C23H31N7O.ClH/c1-22(2)12-16(13-23(3,4)28-22)30(6)21-24-14-19(25-26-21)17-8-7-15(11-20(17)31)18-9-10-29(5)27-18;/h7-11,14,16,28,31H,12-13H2,1-6H3;1H. The van der Waals surface area contributed by atoms with E-state index >= 15 is 0 Å². The fourth-order valence-electron chi connectivity index (χ4n) is 4.74. The average Bonchev–Trinajstić information content (AvgIpc) is 3.11. The lowest BCUT2D eigenvalue weighted by molar-refractivity contribution is 0.160. The lowest BCUT2D eigenvalue weighted by atomic mass is 9.79. The van der Waals surface area contributed by atoms with Gasteiger partial charge < -0.3 is 15.3 Å². The van der Waals surface area contributed by atoms with Crippen LogP contribution in [0.1, 0.15) is 40.5 Å². The van der Waals surface area contributed by atoms with Gasteiger partial charge in [-0.25, -0.2) is 4.98 Å². The number of aromatic hydroxyl groups is 1. The Morgan fingerprint density at radius 2 is 1.75 bits per heavy atom. The van der Waals surface area contributed by atoms with Gasteiger partial charge in [0, 0.05) is 48.5 Å². The number of nitrogens with zero attached hydrogens (tertiary/aromatic N) is 6. The van der Waals surface area contributed by atoms with Gasteiger partial charge >= 0.3 is 0 Å². The first-order valence-corrected chi connectivity index (χ1v) is 10.6. The molecule has 0 bridgehead atoms. The monoisotopic (exact) mass is 457 g/mol. The fourth-order valence-corrected chi connectivity index (χ4v) is 4.74. The number of halogens is 1. The van der Waals surface area contributed by atoms with Crippen molar-refractivity contribution in [3.05, 3.63) is 36.7 Å². The number of aryl methyl sites for hydroxylation is 1. The highest BCUT2D eigenvalue weighted by atomic mass is 35.5. The molecule has 1 fully saturated rings. The quantitative estimate of drug-likeness (QED) is 0.615. The second-order valence-corrected chi connectivity index (χ2v) is 9.82. The summed E-state index contributed by atoms with van der Waals surface area (Å²) in [7, 11) is 3.89. The molecule has 2 aromatic heterocycles. The second-order valence-electron chi connectivity index (χ2n) is 9.82. The number of hydrogen-bond donors (Lipinski definition) is 2. The van der Waals surface area contributed by atoms with Crippen LogP contribution in [0.3, 0.4) is 0 Å². The lowest BCUT2D eigenvalue weighted by Crippen LogP contribution is -2.62. The molecule has 1 aromatic carbocycles. The summed E-state index contributed by atoms with van der Waals surface area (Å²) < 4.78 is 1.73. The van der Waals surface area contributed by atoms with Gasteiger partial charge in [-0.2, -0.15) is 5.10 Å². The molecule has 0 amide bonds. The predicted molar refractivity (Wildman–Crippen MR) is 129 cm³/mol. The van der Waals surface area contributed by atoms with Gasteiger partial charge in [-0.1, -0.05) is 6.07 Å². The van der Waals surface area contributed by atoms with Gasteiger partial charge in [0.1, 0.15) is 11.4 Å². The first-order chi connectivity index (χ1) is 14.5. The molecule has 1 aliphatic heterocycles. The summed E-state index contributed by atoms with van der Waals surface area (Å²) in [6.45, 7) is 8.92. The van der Waals surface area contributed by atoms with E-state index in [9.17, 15) is 5.11 Å². The Hall–Kier alpha value is -2.71. The number of anilines is 1. The molecule has 1 saturated heterocycles. The van der Waals surface area contributed by atoms with Crippen LogP contribution < -0.4 is 10.2 Å². The summed E-state index contributed by atoms with van der Waals surface area (Å²) in [5, 5.41) is 27.4. The Kier molecular flexibility index (Phi) is 6.49. The first-order valence-electron chi connectivity index (χ1n) is 10.6. The maximum absolute atomic E-state index is 10.6. The van der Waals surface area contributed by atoms with Crippen molar-refractivity contribution in [3.8, 4) is 28.3 Å². The number of nitrogens with one attached hydrogen (secondary N) is 1. The lowest BCUT2D eigenvalue weighted by Gasteiger charge is -2.48. The van der Waals surface area contributed by atoms with E-state index < -0.39 is 0 Å². The maximum Gasteiger partial charge on any atom is 0.245 e. The predicted octanol–water partition coefficient (Wildman–Crippen LogP) is 3.81. The Bertz CT molecular complexity index is 1060. The maximum atomic E-state index is 10.6. The van der Waals surface area contributed by atoms with Crippen molar-refractivity contribution in [1.82, 2.24) is 30.3 Å². The Labute approximate surface area is 195 Å². The third-order valence-electron chi connectivity index (χ3n) is 5.86. The highest BCUT2D eigenvalue weighted by Gasteiger charge is 2.39. The summed E-state index contributed by atoms with van der Waals surface area (Å²) in [4.78, 5) is 6.67. The minimum absolute atomic E-state index is 0. The topological polar surface area (TPSA) is 92.0 Å². The van der Waals surface area contributed by atoms with Gasteiger partial charge in [0.15, 0.2) is 0 Å². The van der Waals surface area contributed by atoms with Gasteiger partial charge in [-0.15, -0.1) is 22.6 Å². The molecule has 0 aliphatic carbocycles. The van der Waals surface area contributed by atoms with Crippen LogP contribution in [-0.2, 0) is 7.05 Å². The third-order valence-corrected chi connectivity index (χ3v) is 5.86. The van der Waals surface area contributed by atoms with Crippen molar-refractivity contribution in [2.45, 2.75) is 57.7 Å². The average molecular weight is 458 g/mol. The van der Waals surface area contributed by atoms with E-state index in [-0.39, 0.29) is 29.2 Å². The fraction of sp³-hybridized carbons (Fsp3) is 0.478. The van der Waals surface area contributed by atoms with Gasteiger partial charge in [-0.05, 0) is 58.7 Å². The zero-order valence-electron chi connectivity index (χ0n) is 19.5. The summed E-state index contributed by atoms with van der Waals surface area (Å²) in [6.07, 6.45) is 5.53. The molecule has 9 heteroatoms. The van der Waals surface area contributed by atoms with E-state index in [0.717, 1.165) is 24.1 Å². The molecule has 3 aromatic rings. The van der Waals surface area contributed by atoms with Crippen LogP contribution in [-0.4, -0.2) is 54.2 Å². The van der Waals surface area contributed by atoms with Crippen molar-refractivity contribution in [2.75, 3.05) is 11.9 Å². The van der Waals surface area contributed by atoms with Crippen LogP contribution in [0, 0.1) is 0 Å². The molecule has 4 rings (SSSR count). The second kappa shape index (κ2) is 8.67. The van der Waals surface area contributed by atoms with Crippen molar-refractivity contribution in [3.63, 3.8) is 0 Å². The van der Waals surface area contributed by atoms with Crippen molar-refractivity contribution in [2.24, 2.45) is 7.05 Å². The minimum Gasteiger partial charge on any atom is -0.507 e. The first kappa shape index (κ1) is 23.9. The summed E-state index contributed by atoms with van der Waals surface area (Å²) >= 11 is 0. The van der Waals surface area contributed by atoms with Crippen molar-refractivity contribution >= 4 is 18.4 Å². The van der Waals surface area contributed by atoms with Gasteiger partial charge in [0.2, 0.25) is 5.95 Å². The summed E-state index contributed by atoms with van der Waals surface area (Å²) in [5.74, 6) is 0.717. The smallest absolute Gasteiger partial charge is 0.245 e. The molecular formula is C23H32ClN7O. The summed E-state index contributed by atoms with van der Waals surface area (Å²) in [6, 6.07) is 7.65. The van der Waals surface area contributed by atoms with E-state index in [2.05, 4.69) is 58.2 Å². The number of hydrogen-bond acceptors (Lipinski definition) is 7. The number of aromatic nitrogens is 5. The highest BCUT2D eigenvalue weighted by Crippen LogP contribution is 2.34. The van der Waals surface area contributed by atoms with E-state index in [1.165, 1.54) is 0 Å². The van der Waals surface area contributed by atoms with E-state index in [1.807, 2.05) is 38.5 Å². The Balaban J connectivity index is 0.00000289. The summed E-state index contributed by atoms with van der Waals surface area (Å²) in [5.41, 5.74) is 2.85. The molecule has 0 atom stereocenters. The zero-order valence-corrected chi connectivity index (χ0v) is 20.3.